The Morgan fingerprint density at radius 2 is 1.95 bits per heavy atom. The smallest absolute Gasteiger partial charge is 0.126 e. The third-order valence-electron chi connectivity index (χ3n) is 3.66. The Balaban J connectivity index is 1.63. The highest BCUT2D eigenvalue weighted by atomic mass is 15.0. The van der Waals surface area contributed by atoms with Crippen LogP contribution >= 0.6 is 0 Å². The molecule has 2 aromatic rings. The first-order valence-corrected chi connectivity index (χ1v) is 6.86. The van der Waals surface area contributed by atoms with Crippen molar-refractivity contribution in [3.05, 3.63) is 59.3 Å². The van der Waals surface area contributed by atoms with Gasteiger partial charge < -0.3 is 11.1 Å². The van der Waals surface area contributed by atoms with E-state index in [-0.39, 0.29) is 6.04 Å². The van der Waals surface area contributed by atoms with Crippen LogP contribution in [0.15, 0.2) is 42.5 Å². The first kappa shape index (κ1) is 12.2. The molecule has 0 saturated carbocycles. The van der Waals surface area contributed by atoms with Crippen molar-refractivity contribution in [1.29, 1.82) is 0 Å². The molecule has 0 fully saturated rings. The van der Waals surface area contributed by atoms with Gasteiger partial charge in [0.1, 0.15) is 5.82 Å². The maximum absolute atomic E-state index is 6.17. The summed E-state index contributed by atoms with van der Waals surface area (Å²) >= 11 is 0. The van der Waals surface area contributed by atoms with Gasteiger partial charge in [-0.25, -0.2) is 4.98 Å². The van der Waals surface area contributed by atoms with Crippen LogP contribution in [0.1, 0.15) is 29.3 Å². The van der Waals surface area contributed by atoms with Crippen LogP contribution < -0.4 is 11.1 Å². The van der Waals surface area contributed by atoms with Crippen LogP contribution in [0, 0.1) is 0 Å². The highest BCUT2D eigenvalue weighted by molar-refractivity contribution is 5.40. The summed E-state index contributed by atoms with van der Waals surface area (Å²) in [6.07, 6.45) is 3.51. The molecule has 1 atom stereocenters. The number of aryl methyl sites for hydroxylation is 2. The molecule has 1 aromatic heterocycles. The number of hydrogen-bond donors (Lipinski definition) is 2. The Labute approximate surface area is 113 Å². The Morgan fingerprint density at radius 1 is 1.11 bits per heavy atom. The second-order valence-electron chi connectivity index (χ2n) is 5.05. The van der Waals surface area contributed by atoms with Crippen molar-refractivity contribution < 1.29 is 0 Å². The van der Waals surface area contributed by atoms with Crippen LogP contribution in [0.5, 0.6) is 0 Å². The second kappa shape index (κ2) is 5.41. The van der Waals surface area contributed by atoms with Gasteiger partial charge in [-0.15, -0.1) is 0 Å². The summed E-state index contributed by atoms with van der Waals surface area (Å²) in [5.74, 6) is 0.937. The summed E-state index contributed by atoms with van der Waals surface area (Å²) in [6, 6.07) is 14.4. The van der Waals surface area contributed by atoms with Crippen LogP contribution in [0.2, 0.25) is 0 Å². The minimum Gasteiger partial charge on any atom is -0.368 e. The summed E-state index contributed by atoms with van der Waals surface area (Å²) in [5.41, 5.74) is 9.96. The van der Waals surface area contributed by atoms with Gasteiger partial charge >= 0.3 is 0 Å². The third-order valence-corrected chi connectivity index (χ3v) is 3.66. The molecule has 1 aliphatic carbocycles. The zero-order chi connectivity index (χ0) is 13.1. The van der Waals surface area contributed by atoms with Crippen molar-refractivity contribution in [2.24, 2.45) is 5.73 Å². The number of anilines is 1. The molecule has 0 spiro atoms. The summed E-state index contributed by atoms with van der Waals surface area (Å²) < 4.78 is 0. The first-order chi connectivity index (χ1) is 9.33. The first-order valence-electron chi connectivity index (χ1n) is 6.86. The number of aromatic nitrogens is 1. The molecule has 0 aliphatic heterocycles. The number of nitrogens with zero attached hydrogens (tertiary/aromatic N) is 1. The van der Waals surface area contributed by atoms with E-state index in [1.807, 2.05) is 18.2 Å². The van der Waals surface area contributed by atoms with Crippen LogP contribution in [0.3, 0.4) is 0 Å². The lowest BCUT2D eigenvalue weighted by Gasteiger charge is -2.14. The summed E-state index contributed by atoms with van der Waals surface area (Å²) in [7, 11) is 0. The molecule has 0 radical (unpaired) electrons. The lowest BCUT2D eigenvalue weighted by molar-refractivity contribution is 0.761. The molecule has 0 amide bonds. The number of pyridine rings is 1. The number of nitrogens with two attached hydrogens (primary N) is 1. The van der Waals surface area contributed by atoms with Crippen LogP contribution in [0.4, 0.5) is 5.82 Å². The number of benzene rings is 1. The van der Waals surface area contributed by atoms with E-state index in [1.54, 1.807) is 0 Å². The van der Waals surface area contributed by atoms with Gasteiger partial charge in [0.15, 0.2) is 0 Å². The molecule has 1 aliphatic rings. The van der Waals surface area contributed by atoms with Gasteiger partial charge in [0.2, 0.25) is 0 Å². The van der Waals surface area contributed by atoms with Gasteiger partial charge in [-0.3, -0.25) is 0 Å². The average Bonchev–Trinajstić information content (AvgIpc) is 2.93. The van der Waals surface area contributed by atoms with Crippen LogP contribution in [0.25, 0.3) is 0 Å². The topological polar surface area (TPSA) is 50.9 Å². The van der Waals surface area contributed by atoms with E-state index >= 15 is 0 Å². The normalized spacial score (nSPS) is 15.0. The van der Waals surface area contributed by atoms with Crippen molar-refractivity contribution in [3.8, 4) is 0 Å². The summed E-state index contributed by atoms with van der Waals surface area (Å²) in [4.78, 5) is 4.65. The molecule has 3 rings (SSSR count). The number of rotatable bonds is 4. The minimum absolute atomic E-state index is 0.00347. The molecule has 1 aromatic carbocycles. The molecule has 3 N–H and O–H groups in total. The van der Waals surface area contributed by atoms with Gasteiger partial charge in [0.25, 0.3) is 0 Å². The van der Waals surface area contributed by atoms with Gasteiger partial charge in [0.05, 0.1) is 0 Å². The standard InChI is InChI=1S/C16H19N3/c17-14(12-5-2-1-3-6-12)11-18-16-10-9-13-7-4-8-15(13)19-16/h1-3,5-6,9-10,14H,4,7-8,11,17H2,(H,18,19). The quantitative estimate of drug-likeness (QED) is 0.880. The lowest BCUT2D eigenvalue weighted by atomic mass is 10.1. The molecule has 1 unspecified atom stereocenters. The van der Waals surface area contributed by atoms with E-state index in [9.17, 15) is 0 Å². The molecule has 98 valence electrons. The number of nitrogens with one attached hydrogen (secondary N) is 1. The third kappa shape index (κ3) is 2.76. The fourth-order valence-electron chi connectivity index (χ4n) is 2.55. The largest absolute Gasteiger partial charge is 0.368 e. The predicted molar refractivity (Wildman–Crippen MR) is 78.1 cm³/mol. The highest BCUT2D eigenvalue weighted by Gasteiger charge is 2.12. The highest BCUT2D eigenvalue weighted by Crippen LogP contribution is 2.21. The van der Waals surface area contributed by atoms with Gasteiger partial charge in [-0.05, 0) is 36.5 Å². The Morgan fingerprint density at radius 3 is 2.79 bits per heavy atom. The molecule has 0 saturated heterocycles. The van der Waals surface area contributed by atoms with E-state index in [0.29, 0.717) is 6.54 Å². The fraction of sp³-hybridized carbons (Fsp3) is 0.312. The predicted octanol–water partition coefficient (Wildman–Crippen LogP) is 2.68. The monoisotopic (exact) mass is 253 g/mol. The van der Waals surface area contributed by atoms with Gasteiger partial charge in [-0.2, -0.15) is 0 Å². The molecule has 3 heteroatoms. The van der Waals surface area contributed by atoms with Crippen molar-refractivity contribution in [2.45, 2.75) is 25.3 Å². The van der Waals surface area contributed by atoms with Crippen LogP contribution in [-0.2, 0) is 12.8 Å². The Bertz CT molecular complexity index is 551. The maximum atomic E-state index is 6.17. The summed E-state index contributed by atoms with van der Waals surface area (Å²) in [5, 5.41) is 3.34. The van der Waals surface area contributed by atoms with E-state index < -0.39 is 0 Å². The molecule has 0 bridgehead atoms. The van der Waals surface area contributed by atoms with Crippen molar-refractivity contribution >= 4 is 5.82 Å². The lowest BCUT2D eigenvalue weighted by Crippen LogP contribution is -2.21. The van der Waals surface area contributed by atoms with Crippen molar-refractivity contribution in [1.82, 2.24) is 4.98 Å². The van der Waals surface area contributed by atoms with E-state index in [0.717, 1.165) is 17.8 Å². The summed E-state index contributed by atoms with van der Waals surface area (Å²) in [6.45, 7) is 0.704. The Hall–Kier alpha value is -1.87. The van der Waals surface area contributed by atoms with E-state index in [4.69, 9.17) is 5.73 Å². The molecular weight excluding hydrogens is 234 g/mol. The molecule has 3 nitrogen and oxygen atoms in total. The number of fused-ring (bicyclic) bond motifs is 1. The molecule has 19 heavy (non-hydrogen) atoms. The number of hydrogen-bond acceptors (Lipinski definition) is 3. The van der Waals surface area contributed by atoms with Crippen LogP contribution in [-0.4, -0.2) is 11.5 Å². The van der Waals surface area contributed by atoms with Crippen molar-refractivity contribution in [3.63, 3.8) is 0 Å². The van der Waals surface area contributed by atoms with E-state index in [1.165, 1.54) is 24.1 Å². The van der Waals surface area contributed by atoms with Crippen molar-refractivity contribution in [2.75, 3.05) is 11.9 Å². The fourth-order valence-corrected chi connectivity index (χ4v) is 2.55. The van der Waals surface area contributed by atoms with E-state index in [2.05, 4.69) is 34.6 Å². The zero-order valence-corrected chi connectivity index (χ0v) is 11.0. The SMILES string of the molecule is NC(CNc1ccc2c(n1)CCC2)c1ccccc1. The minimum atomic E-state index is -0.00347. The molecule has 1 heterocycles. The average molecular weight is 253 g/mol. The second-order valence-corrected chi connectivity index (χ2v) is 5.05. The Kier molecular flexibility index (Phi) is 3.47. The zero-order valence-electron chi connectivity index (χ0n) is 11.0. The molecular formula is C16H19N3. The van der Waals surface area contributed by atoms with Gasteiger partial charge in [-0.1, -0.05) is 36.4 Å². The maximum Gasteiger partial charge on any atom is 0.126 e. The van der Waals surface area contributed by atoms with Gasteiger partial charge in [0, 0.05) is 18.3 Å².